The second kappa shape index (κ2) is 11.6. The number of hydrogen-bond acceptors (Lipinski definition) is 6. The van der Waals surface area contributed by atoms with E-state index < -0.39 is 68.4 Å². The van der Waals surface area contributed by atoms with E-state index in [2.05, 4.69) is 9.13 Å². The predicted octanol–water partition coefficient (Wildman–Crippen LogP) is 6.20. The summed E-state index contributed by atoms with van der Waals surface area (Å²) in [5, 5.41) is 12.3. The van der Waals surface area contributed by atoms with Crippen molar-refractivity contribution < 1.29 is 49.7 Å². The van der Waals surface area contributed by atoms with Gasteiger partial charge in [0.1, 0.15) is 23.0 Å². The minimum atomic E-state index is -4.97. The van der Waals surface area contributed by atoms with Gasteiger partial charge in [0, 0.05) is 47.0 Å². The second-order valence-corrected chi connectivity index (χ2v) is 13.2. The van der Waals surface area contributed by atoms with Gasteiger partial charge in [-0.05, 0) is 81.4 Å². The van der Waals surface area contributed by atoms with Crippen LogP contribution in [0.25, 0.3) is 21.8 Å². The number of aliphatic hydroxyl groups excluding tert-OH is 1. The Morgan fingerprint density at radius 3 is 2.00 bits per heavy atom. The molecule has 4 aromatic rings. The van der Waals surface area contributed by atoms with Gasteiger partial charge in [-0.1, -0.05) is 0 Å². The molecule has 1 aliphatic heterocycles. The van der Waals surface area contributed by atoms with Crippen molar-refractivity contribution in [3.8, 4) is 5.75 Å². The fraction of sp³-hybridized carbons (Fsp3) is 0.333. The number of halogens is 5. The van der Waals surface area contributed by atoms with Crippen LogP contribution in [0.5, 0.6) is 5.75 Å². The van der Waals surface area contributed by atoms with Crippen LogP contribution in [0.3, 0.4) is 0 Å². The highest BCUT2D eigenvalue weighted by molar-refractivity contribution is 7.90. The number of nitrogens with zero attached hydrogens (tertiary/aromatic N) is 3. The molecule has 0 saturated carbocycles. The number of fused-ring (bicyclic) bond motifs is 3. The lowest BCUT2D eigenvalue weighted by Gasteiger charge is -2.41. The van der Waals surface area contributed by atoms with Crippen molar-refractivity contribution in [1.82, 2.24) is 9.47 Å². The average molecular weight is 654 g/mol. The molecule has 0 radical (unpaired) electrons. The van der Waals surface area contributed by atoms with Crippen molar-refractivity contribution in [3.63, 3.8) is 0 Å². The number of carbonyl (C=O) groups is 1. The predicted molar refractivity (Wildman–Crippen MR) is 155 cm³/mol. The van der Waals surface area contributed by atoms with Crippen molar-refractivity contribution in [3.05, 3.63) is 72.3 Å². The number of ether oxygens (including phenoxy) is 2. The Labute approximate surface area is 254 Å². The summed E-state index contributed by atoms with van der Waals surface area (Å²) in [6.07, 6.45) is -6.13. The largest absolute Gasteiger partial charge is 0.573 e. The number of likely N-dealkylation sites (tertiary alicyclic amines) is 1. The van der Waals surface area contributed by atoms with Crippen LogP contribution in [0, 0.1) is 17.6 Å². The molecule has 0 spiro atoms. The third-order valence-corrected chi connectivity index (χ3v) is 8.39. The van der Waals surface area contributed by atoms with Crippen LogP contribution in [0.1, 0.15) is 26.8 Å². The molecule has 1 saturated heterocycles. The van der Waals surface area contributed by atoms with Gasteiger partial charge in [0.15, 0.2) is 0 Å². The minimum absolute atomic E-state index is 0.110. The van der Waals surface area contributed by atoms with E-state index in [0.29, 0.717) is 21.8 Å². The number of piperidine rings is 1. The molecular weight excluding hydrogens is 625 g/mol. The first-order valence-corrected chi connectivity index (χ1v) is 15.1. The molecule has 9 nitrogen and oxygen atoms in total. The van der Waals surface area contributed by atoms with Gasteiger partial charge in [-0.3, -0.25) is 0 Å². The Bertz CT molecular complexity index is 1830. The van der Waals surface area contributed by atoms with Gasteiger partial charge in [0.25, 0.3) is 10.0 Å². The van der Waals surface area contributed by atoms with Crippen LogP contribution in [0.2, 0.25) is 0 Å². The Morgan fingerprint density at radius 1 is 0.933 bits per heavy atom. The minimum Gasteiger partial charge on any atom is -0.444 e. The summed E-state index contributed by atoms with van der Waals surface area (Å²) in [6.45, 7) is 4.67. The first-order chi connectivity index (χ1) is 20.9. The molecule has 3 atom stereocenters. The molecular formula is C30H28F5N3O6S. The number of hydrogen-bond donors (Lipinski definition) is 1. The van der Waals surface area contributed by atoms with Gasteiger partial charge in [-0.2, -0.15) is 12.8 Å². The van der Waals surface area contributed by atoms with Crippen LogP contribution in [-0.4, -0.2) is 66.5 Å². The van der Waals surface area contributed by atoms with Gasteiger partial charge in [0.05, 0.1) is 17.0 Å². The molecule has 15 heteroatoms. The van der Waals surface area contributed by atoms with Crippen molar-refractivity contribution >= 4 is 44.1 Å². The topological polar surface area (TPSA) is 110 Å². The normalized spacial score (nSPS) is 19.8. The van der Waals surface area contributed by atoms with E-state index in [1.165, 1.54) is 41.3 Å². The Morgan fingerprint density at radius 2 is 1.49 bits per heavy atom. The zero-order valence-electron chi connectivity index (χ0n) is 24.1. The summed E-state index contributed by atoms with van der Waals surface area (Å²) in [7, 11) is -4.46. The molecule has 1 amide bonds. The highest BCUT2D eigenvalue weighted by atomic mass is 32.2. The maximum atomic E-state index is 14.3. The highest BCUT2D eigenvalue weighted by Crippen LogP contribution is 2.37. The fourth-order valence-corrected chi connectivity index (χ4v) is 6.21. The van der Waals surface area contributed by atoms with E-state index in [4.69, 9.17) is 4.74 Å². The first-order valence-electron chi connectivity index (χ1n) is 13.6. The summed E-state index contributed by atoms with van der Waals surface area (Å²) >= 11 is 0. The Balaban J connectivity index is 1.54. The molecule has 0 aliphatic carbocycles. The lowest BCUT2D eigenvalue weighted by molar-refractivity contribution is -0.274. The number of aliphatic hydroxyl groups is 1. The van der Waals surface area contributed by atoms with E-state index in [9.17, 15) is 40.3 Å². The van der Waals surface area contributed by atoms with Crippen LogP contribution in [0.4, 0.5) is 26.7 Å². The molecule has 1 aliphatic rings. The number of amides is 1. The molecule has 1 unspecified atom stereocenters. The zero-order chi connectivity index (χ0) is 32.9. The average Bonchev–Trinajstić information content (AvgIpc) is 3.23. The molecule has 1 N–H and O–H groups in total. The molecule has 1 aromatic heterocycles. The summed E-state index contributed by atoms with van der Waals surface area (Å²) in [5.74, 6) is -2.86. The van der Waals surface area contributed by atoms with Crippen molar-refractivity contribution in [2.75, 3.05) is 13.1 Å². The number of benzene rings is 3. The lowest BCUT2D eigenvalue weighted by Crippen LogP contribution is -2.53. The molecule has 1 fully saturated rings. The monoisotopic (exact) mass is 653 g/mol. The third-order valence-electron chi connectivity index (χ3n) is 7.13. The number of aromatic nitrogens is 1. The van der Waals surface area contributed by atoms with Gasteiger partial charge in [-0.15, -0.1) is 13.2 Å². The van der Waals surface area contributed by atoms with Crippen molar-refractivity contribution in [2.24, 2.45) is 10.3 Å². The van der Waals surface area contributed by atoms with Crippen molar-refractivity contribution in [2.45, 2.75) is 49.8 Å². The number of sulfonamides is 1. The first kappa shape index (κ1) is 32.2. The van der Waals surface area contributed by atoms with E-state index in [1.807, 2.05) is 0 Å². The lowest BCUT2D eigenvalue weighted by atomic mass is 9.91. The maximum Gasteiger partial charge on any atom is 0.573 e. The maximum absolute atomic E-state index is 14.3. The molecule has 45 heavy (non-hydrogen) atoms. The van der Waals surface area contributed by atoms with Crippen LogP contribution in [-0.2, 0) is 14.8 Å². The molecule has 2 heterocycles. The standard InChI is InChI=1S/C30H28F5N3O6S/c1-29(2,3)44-28(40)37-15-17(14-36-45(41,42)21-8-6-20(7-9-21)43-30(33,34)35)27(39)26(16-37)38-24-10-4-18(31)12-22(24)23-13-19(32)5-11-25(23)38/h4-14,17,26-27,39H,15-16H2,1-3H3/b36-14-/t17?,26-,27-/m0/s1. The van der Waals surface area contributed by atoms with Gasteiger partial charge < -0.3 is 24.0 Å². The number of rotatable bonds is 5. The quantitative estimate of drug-likeness (QED) is 0.203. The molecule has 3 aromatic carbocycles. The van der Waals surface area contributed by atoms with E-state index in [-0.39, 0.29) is 13.1 Å². The Hall–Kier alpha value is -4.24. The zero-order valence-corrected chi connectivity index (χ0v) is 24.9. The van der Waals surface area contributed by atoms with Crippen LogP contribution in [0.15, 0.2) is 70.0 Å². The SMILES string of the molecule is CC(C)(C)OC(=O)N1CC(/C=N\S(=O)(=O)c2ccc(OC(F)(F)F)cc2)[C@H](O)[C@@H](n2c3ccc(F)cc3c3cc(F)ccc32)C1. The summed E-state index contributed by atoms with van der Waals surface area (Å²) in [6, 6.07) is 10.2. The third kappa shape index (κ3) is 7.04. The number of alkyl halides is 3. The van der Waals surface area contributed by atoms with Crippen LogP contribution < -0.4 is 4.74 Å². The molecule has 0 bridgehead atoms. The highest BCUT2D eigenvalue weighted by Gasteiger charge is 2.41. The smallest absolute Gasteiger partial charge is 0.444 e. The van der Waals surface area contributed by atoms with Gasteiger partial charge in [0.2, 0.25) is 0 Å². The molecule has 240 valence electrons. The van der Waals surface area contributed by atoms with Gasteiger partial charge >= 0.3 is 12.5 Å². The summed E-state index contributed by atoms with van der Waals surface area (Å²) in [5.41, 5.74) is -0.0347. The van der Waals surface area contributed by atoms with E-state index in [1.54, 1.807) is 25.3 Å². The number of carbonyl (C=O) groups excluding carboxylic acids is 1. The summed E-state index contributed by atoms with van der Waals surface area (Å²) in [4.78, 5) is 14.0. The van der Waals surface area contributed by atoms with Crippen LogP contribution >= 0.6 is 0 Å². The Kier molecular flexibility index (Phi) is 8.29. The second-order valence-electron chi connectivity index (χ2n) is 11.5. The molecule has 5 rings (SSSR count). The van der Waals surface area contributed by atoms with E-state index >= 15 is 0 Å². The van der Waals surface area contributed by atoms with E-state index in [0.717, 1.165) is 30.5 Å². The van der Waals surface area contributed by atoms with Gasteiger partial charge in [-0.25, -0.2) is 13.6 Å². The summed E-state index contributed by atoms with van der Waals surface area (Å²) < 4.78 is 107. The fourth-order valence-electron chi connectivity index (χ4n) is 5.29. The van der Waals surface area contributed by atoms with Crippen molar-refractivity contribution in [1.29, 1.82) is 0 Å².